The highest BCUT2D eigenvalue weighted by Gasteiger charge is 2.22. The number of nitrogens with two attached hydrogens (primary N) is 1. The topological polar surface area (TPSA) is 95.1 Å². The molecule has 0 spiro atoms. The summed E-state index contributed by atoms with van der Waals surface area (Å²) < 4.78 is 5.88. The fourth-order valence-corrected chi connectivity index (χ4v) is 3.08. The van der Waals surface area contributed by atoms with Gasteiger partial charge in [0.2, 0.25) is 5.96 Å². The van der Waals surface area contributed by atoms with E-state index in [1.54, 1.807) is 23.1 Å². The Kier molecular flexibility index (Phi) is 8.35. The molecule has 1 unspecified atom stereocenters. The number of nitrogens with zero attached hydrogens (tertiary/aromatic N) is 3. The van der Waals surface area contributed by atoms with Crippen LogP contribution in [0.2, 0.25) is 5.02 Å². The zero-order valence-corrected chi connectivity index (χ0v) is 17.5. The molecule has 9 heteroatoms. The molecule has 0 aliphatic carbocycles. The van der Waals surface area contributed by atoms with Crippen LogP contribution in [0.25, 0.3) is 0 Å². The number of hydrogen-bond acceptors (Lipinski definition) is 5. The Bertz CT molecular complexity index is 678. The van der Waals surface area contributed by atoms with Gasteiger partial charge < -0.3 is 20.3 Å². The van der Waals surface area contributed by atoms with Gasteiger partial charge in [0.15, 0.2) is 0 Å². The maximum absolute atomic E-state index is 12.8. The van der Waals surface area contributed by atoms with Gasteiger partial charge >= 0.3 is 0 Å². The van der Waals surface area contributed by atoms with Crippen molar-refractivity contribution < 1.29 is 14.4 Å². The highest BCUT2D eigenvalue weighted by Crippen LogP contribution is 2.24. The maximum Gasteiger partial charge on any atom is 0.254 e. The van der Waals surface area contributed by atoms with Gasteiger partial charge in [0.05, 0.1) is 13.2 Å². The summed E-state index contributed by atoms with van der Waals surface area (Å²) in [4.78, 5) is 22.1. The third kappa shape index (κ3) is 6.54. The van der Waals surface area contributed by atoms with Gasteiger partial charge in [0.25, 0.3) is 5.91 Å². The van der Waals surface area contributed by atoms with E-state index < -0.39 is 0 Å². The Labute approximate surface area is 171 Å². The van der Waals surface area contributed by atoms with Gasteiger partial charge in [-0.2, -0.15) is 0 Å². The number of likely N-dealkylation sites (N-methyl/N-ethyl adjacent to an activating group) is 2. The molecular weight excluding hydrogens is 382 g/mol. The molecule has 1 fully saturated rings. The first-order valence-corrected chi connectivity index (χ1v) is 9.79. The van der Waals surface area contributed by atoms with Crippen molar-refractivity contribution in [1.29, 1.82) is 5.41 Å². The van der Waals surface area contributed by atoms with Gasteiger partial charge in [-0.3, -0.25) is 15.0 Å². The van der Waals surface area contributed by atoms with Gasteiger partial charge in [-0.1, -0.05) is 11.6 Å². The van der Waals surface area contributed by atoms with Gasteiger partial charge in [-0.15, -0.1) is 0 Å². The zero-order chi connectivity index (χ0) is 20.7. The lowest BCUT2D eigenvalue weighted by Gasteiger charge is -2.31. The molecule has 0 radical (unpaired) electrons. The molecule has 1 aromatic rings. The van der Waals surface area contributed by atoms with Crippen molar-refractivity contribution in [2.45, 2.75) is 13.3 Å². The van der Waals surface area contributed by atoms with E-state index in [-0.39, 0.29) is 17.8 Å². The van der Waals surface area contributed by atoms with Crippen LogP contribution in [0.4, 0.5) is 0 Å². The smallest absolute Gasteiger partial charge is 0.254 e. The van der Waals surface area contributed by atoms with Crippen LogP contribution in [0, 0.1) is 11.3 Å². The number of amides is 1. The summed E-state index contributed by atoms with van der Waals surface area (Å²) in [5.74, 6) is 0.594. The summed E-state index contributed by atoms with van der Waals surface area (Å²) in [6.45, 7) is 5.46. The molecule has 1 aliphatic rings. The van der Waals surface area contributed by atoms with Crippen LogP contribution in [0.5, 0.6) is 5.75 Å². The van der Waals surface area contributed by atoms with Crippen molar-refractivity contribution in [1.82, 2.24) is 14.9 Å². The first kappa shape index (κ1) is 22.3. The monoisotopic (exact) mass is 411 g/mol. The minimum atomic E-state index is -0.0906. The summed E-state index contributed by atoms with van der Waals surface area (Å²) in [7, 11) is 3.96. The summed E-state index contributed by atoms with van der Waals surface area (Å²) in [6.07, 6.45) is 0.806. The predicted octanol–water partition coefficient (Wildman–Crippen LogP) is 1.89. The van der Waals surface area contributed by atoms with E-state index >= 15 is 0 Å². The Balaban J connectivity index is 1.97. The average Bonchev–Trinajstić information content (AvgIpc) is 2.66. The fourth-order valence-electron chi connectivity index (χ4n) is 2.85. The zero-order valence-electron chi connectivity index (χ0n) is 16.8. The quantitative estimate of drug-likeness (QED) is 0.501. The largest absolute Gasteiger partial charge is 0.493 e. The Morgan fingerprint density at radius 2 is 2.14 bits per heavy atom. The highest BCUT2D eigenvalue weighted by atomic mass is 35.5. The lowest BCUT2D eigenvalue weighted by molar-refractivity contribution is -0.149. The van der Waals surface area contributed by atoms with Crippen molar-refractivity contribution >= 4 is 23.5 Å². The second kappa shape index (κ2) is 10.5. The standard InChI is InChI=1S/C19H30ClN5O3/c1-4-24(8-7-23(2)3)18(26)15-9-16(20)11-17(10-15)27-12-14-5-6-25(19(21)22)28-13-14/h9-11,14H,4-8,12-13H2,1-3H3,(H3,21,22). The molecule has 1 aromatic carbocycles. The normalized spacial score (nSPS) is 16.9. The van der Waals surface area contributed by atoms with E-state index in [0.717, 1.165) is 13.0 Å². The van der Waals surface area contributed by atoms with Gasteiger partial charge in [0.1, 0.15) is 5.75 Å². The Morgan fingerprint density at radius 1 is 1.39 bits per heavy atom. The molecule has 0 bridgehead atoms. The minimum absolute atomic E-state index is 0.0604. The SMILES string of the molecule is CCN(CCN(C)C)C(=O)c1cc(Cl)cc(OCC2CCN(C(=N)N)OC2)c1. The van der Waals surface area contributed by atoms with Crippen LogP contribution in [-0.2, 0) is 4.84 Å². The molecule has 0 aromatic heterocycles. The van der Waals surface area contributed by atoms with Crippen molar-refractivity contribution in [3.8, 4) is 5.75 Å². The molecule has 28 heavy (non-hydrogen) atoms. The van der Waals surface area contributed by atoms with E-state index in [0.29, 0.717) is 49.2 Å². The van der Waals surface area contributed by atoms with Crippen molar-refractivity contribution in [2.24, 2.45) is 11.7 Å². The number of ether oxygens (including phenoxy) is 1. The number of nitrogens with one attached hydrogen (secondary N) is 1. The highest BCUT2D eigenvalue weighted by molar-refractivity contribution is 6.31. The van der Waals surface area contributed by atoms with E-state index in [1.165, 1.54) is 5.06 Å². The third-order valence-electron chi connectivity index (χ3n) is 4.57. The molecule has 8 nitrogen and oxygen atoms in total. The number of hydrogen-bond donors (Lipinski definition) is 2. The number of hydroxylamine groups is 2. The molecule has 1 heterocycles. The maximum atomic E-state index is 12.8. The number of guanidine groups is 1. The molecule has 2 rings (SSSR count). The van der Waals surface area contributed by atoms with Crippen LogP contribution < -0.4 is 10.5 Å². The van der Waals surface area contributed by atoms with Gasteiger partial charge in [-0.25, -0.2) is 5.06 Å². The van der Waals surface area contributed by atoms with Crippen molar-refractivity contribution in [2.75, 3.05) is 53.5 Å². The Hall–Kier alpha value is -2.03. The van der Waals surface area contributed by atoms with Crippen LogP contribution >= 0.6 is 11.6 Å². The minimum Gasteiger partial charge on any atom is -0.493 e. The van der Waals surface area contributed by atoms with Crippen molar-refractivity contribution in [3.63, 3.8) is 0 Å². The van der Waals surface area contributed by atoms with Crippen LogP contribution in [0.15, 0.2) is 18.2 Å². The molecular formula is C19H30ClN5O3. The van der Waals surface area contributed by atoms with E-state index in [1.807, 2.05) is 25.9 Å². The third-order valence-corrected chi connectivity index (χ3v) is 4.78. The number of benzene rings is 1. The second-order valence-electron chi connectivity index (χ2n) is 7.11. The first-order valence-electron chi connectivity index (χ1n) is 9.42. The summed E-state index contributed by atoms with van der Waals surface area (Å²) >= 11 is 6.22. The molecule has 3 N–H and O–H groups in total. The average molecular weight is 412 g/mol. The number of carbonyl (C=O) groups excluding carboxylic acids is 1. The molecule has 0 saturated carbocycles. The molecule has 1 aliphatic heterocycles. The lowest BCUT2D eigenvalue weighted by atomic mass is 10.1. The van der Waals surface area contributed by atoms with Crippen LogP contribution in [0.3, 0.4) is 0 Å². The van der Waals surface area contributed by atoms with E-state index in [4.69, 9.17) is 32.3 Å². The first-order chi connectivity index (χ1) is 13.3. The lowest BCUT2D eigenvalue weighted by Crippen LogP contribution is -2.43. The fraction of sp³-hybridized carbons (Fsp3) is 0.579. The van der Waals surface area contributed by atoms with E-state index in [2.05, 4.69) is 0 Å². The molecule has 156 valence electrons. The number of carbonyl (C=O) groups is 1. The van der Waals surface area contributed by atoms with E-state index in [9.17, 15) is 4.79 Å². The van der Waals surface area contributed by atoms with Crippen LogP contribution in [0.1, 0.15) is 23.7 Å². The van der Waals surface area contributed by atoms with Crippen LogP contribution in [-0.4, -0.2) is 80.2 Å². The second-order valence-corrected chi connectivity index (χ2v) is 7.55. The summed E-state index contributed by atoms with van der Waals surface area (Å²) in [5.41, 5.74) is 5.93. The summed E-state index contributed by atoms with van der Waals surface area (Å²) in [5, 5.41) is 9.22. The molecule has 1 atom stereocenters. The number of halogens is 1. The van der Waals surface area contributed by atoms with Gasteiger partial charge in [0, 0.05) is 42.7 Å². The van der Waals surface area contributed by atoms with Crippen molar-refractivity contribution in [3.05, 3.63) is 28.8 Å². The molecule has 1 amide bonds. The molecule has 1 saturated heterocycles. The summed E-state index contributed by atoms with van der Waals surface area (Å²) in [6, 6.07) is 5.11. The number of rotatable bonds is 8. The predicted molar refractivity (Wildman–Crippen MR) is 110 cm³/mol. The van der Waals surface area contributed by atoms with Gasteiger partial charge in [-0.05, 0) is 45.6 Å². The Morgan fingerprint density at radius 3 is 2.71 bits per heavy atom.